The van der Waals surface area contributed by atoms with E-state index in [1.54, 1.807) is 11.3 Å². The van der Waals surface area contributed by atoms with Crippen molar-refractivity contribution in [3.8, 4) is 0 Å². The van der Waals surface area contributed by atoms with Gasteiger partial charge in [0.2, 0.25) is 0 Å². The Morgan fingerprint density at radius 3 is 2.73 bits per heavy atom. The summed E-state index contributed by atoms with van der Waals surface area (Å²) in [5.74, 6) is 0. The van der Waals surface area contributed by atoms with Crippen molar-refractivity contribution >= 4 is 28.5 Å². The molecule has 0 radical (unpaired) electrons. The quantitative estimate of drug-likeness (QED) is 0.743. The third-order valence-corrected chi connectivity index (χ3v) is 5.17. The van der Waals surface area contributed by atoms with Crippen molar-refractivity contribution in [1.82, 2.24) is 14.9 Å². The van der Waals surface area contributed by atoms with Gasteiger partial charge in [0.15, 0.2) is 5.58 Å². The summed E-state index contributed by atoms with van der Waals surface area (Å²) in [5.41, 5.74) is 1.78. The molecule has 1 aromatic carbocycles. The second-order valence-electron chi connectivity index (χ2n) is 5.53. The highest BCUT2D eigenvalue weighted by molar-refractivity contribution is 7.09. The first-order chi connectivity index (χ1) is 10.8. The Balaban J connectivity index is 1.45. The molecule has 0 saturated carbocycles. The minimum atomic E-state index is 0.380. The first-order valence-electron chi connectivity index (χ1n) is 7.55. The van der Waals surface area contributed by atoms with E-state index in [0.717, 1.165) is 43.3 Å². The summed E-state index contributed by atoms with van der Waals surface area (Å²) in [6.45, 7) is 6.10. The van der Waals surface area contributed by atoms with Gasteiger partial charge in [-0.3, -0.25) is 4.90 Å². The van der Waals surface area contributed by atoms with Gasteiger partial charge in [-0.05, 0) is 19.1 Å². The molecule has 1 aliphatic heterocycles. The van der Waals surface area contributed by atoms with E-state index in [0.29, 0.717) is 6.04 Å². The second-order valence-corrected chi connectivity index (χ2v) is 6.46. The van der Waals surface area contributed by atoms with Crippen LogP contribution in [0.3, 0.4) is 0 Å². The zero-order chi connectivity index (χ0) is 14.9. The number of rotatable bonds is 3. The van der Waals surface area contributed by atoms with Gasteiger partial charge in [0.25, 0.3) is 6.01 Å². The summed E-state index contributed by atoms with van der Waals surface area (Å²) >= 11 is 1.73. The zero-order valence-electron chi connectivity index (χ0n) is 12.5. The van der Waals surface area contributed by atoms with Gasteiger partial charge in [-0.1, -0.05) is 12.1 Å². The lowest BCUT2D eigenvalue weighted by atomic mass is 10.2. The predicted molar refractivity (Wildman–Crippen MR) is 88.3 cm³/mol. The molecule has 3 heterocycles. The van der Waals surface area contributed by atoms with E-state index in [4.69, 9.17) is 4.42 Å². The molecule has 3 aromatic rings. The Morgan fingerprint density at radius 1 is 1.18 bits per heavy atom. The molecule has 1 atom stereocenters. The maximum atomic E-state index is 5.86. The highest BCUT2D eigenvalue weighted by Crippen LogP contribution is 2.26. The first kappa shape index (κ1) is 13.7. The zero-order valence-corrected chi connectivity index (χ0v) is 13.3. The number of oxazole rings is 1. The second kappa shape index (κ2) is 5.70. The molecule has 0 amide bonds. The van der Waals surface area contributed by atoms with Gasteiger partial charge in [0.1, 0.15) is 10.5 Å². The maximum absolute atomic E-state index is 5.86. The fraction of sp³-hybridized carbons (Fsp3) is 0.375. The average molecular weight is 314 g/mol. The molecular formula is C16H18N4OS. The molecule has 0 N–H and O–H groups in total. The van der Waals surface area contributed by atoms with E-state index >= 15 is 0 Å². The van der Waals surface area contributed by atoms with Gasteiger partial charge < -0.3 is 9.32 Å². The van der Waals surface area contributed by atoms with Crippen molar-refractivity contribution < 1.29 is 4.42 Å². The number of benzene rings is 1. The molecule has 4 rings (SSSR count). The smallest absolute Gasteiger partial charge is 0.298 e. The number of piperazine rings is 1. The number of anilines is 1. The Kier molecular flexibility index (Phi) is 3.56. The maximum Gasteiger partial charge on any atom is 0.298 e. The van der Waals surface area contributed by atoms with Crippen LogP contribution in [0.4, 0.5) is 6.01 Å². The number of thiazole rings is 1. The summed E-state index contributed by atoms with van der Waals surface area (Å²) in [7, 11) is 0. The standard InChI is InChI=1S/C16H18N4OS/c1-12(15-17-6-11-22-15)19-7-9-20(10-8-19)16-18-13-4-2-3-5-14(13)21-16/h2-6,11-12H,7-10H2,1H3. The Morgan fingerprint density at radius 2 is 2.00 bits per heavy atom. The van der Waals surface area contributed by atoms with E-state index < -0.39 is 0 Å². The van der Waals surface area contributed by atoms with Crippen molar-refractivity contribution in [3.63, 3.8) is 0 Å². The molecule has 0 spiro atoms. The molecule has 6 heteroatoms. The van der Waals surface area contributed by atoms with Crippen molar-refractivity contribution in [2.75, 3.05) is 31.1 Å². The van der Waals surface area contributed by atoms with Gasteiger partial charge in [0, 0.05) is 37.8 Å². The van der Waals surface area contributed by atoms with Crippen molar-refractivity contribution in [2.45, 2.75) is 13.0 Å². The van der Waals surface area contributed by atoms with Crippen LogP contribution in [0.1, 0.15) is 18.0 Å². The van der Waals surface area contributed by atoms with E-state index in [1.807, 2.05) is 35.8 Å². The summed E-state index contributed by atoms with van der Waals surface area (Å²) in [6, 6.07) is 9.04. The van der Waals surface area contributed by atoms with Crippen LogP contribution in [0.25, 0.3) is 11.1 Å². The summed E-state index contributed by atoms with van der Waals surface area (Å²) in [6.07, 6.45) is 1.88. The van der Waals surface area contributed by atoms with Gasteiger partial charge in [-0.25, -0.2) is 4.98 Å². The van der Waals surface area contributed by atoms with Gasteiger partial charge in [0.05, 0.1) is 6.04 Å². The van der Waals surface area contributed by atoms with Gasteiger partial charge in [-0.2, -0.15) is 4.98 Å². The number of nitrogens with zero attached hydrogens (tertiary/aromatic N) is 4. The number of hydrogen-bond acceptors (Lipinski definition) is 6. The van der Waals surface area contributed by atoms with E-state index in [9.17, 15) is 0 Å². The van der Waals surface area contributed by atoms with Crippen LogP contribution in [0.5, 0.6) is 0 Å². The molecule has 1 unspecified atom stereocenters. The molecule has 1 saturated heterocycles. The molecule has 22 heavy (non-hydrogen) atoms. The molecule has 0 aliphatic carbocycles. The predicted octanol–water partition coefficient (Wildman–Crippen LogP) is 3.17. The van der Waals surface area contributed by atoms with Crippen LogP contribution >= 0.6 is 11.3 Å². The molecule has 1 fully saturated rings. The fourth-order valence-corrected chi connectivity index (χ4v) is 3.62. The van der Waals surface area contributed by atoms with Crippen LogP contribution in [0.2, 0.25) is 0 Å². The Hall–Kier alpha value is -1.92. The third kappa shape index (κ3) is 2.48. The van der Waals surface area contributed by atoms with Crippen molar-refractivity contribution in [3.05, 3.63) is 40.8 Å². The normalized spacial score (nSPS) is 18.0. The van der Waals surface area contributed by atoms with E-state index in [1.165, 1.54) is 5.01 Å². The molecule has 114 valence electrons. The first-order valence-corrected chi connectivity index (χ1v) is 8.43. The topological polar surface area (TPSA) is 45.4 Å². The van der Waals surface area contributed by atoms with Crippen LogP contribution < -0.4 is 4.90 Å². The Labute approximate surface area is 133 Å². The minimum Gasteiger partial charge on any atom is -0.423 e. The molecule has 0 bridgehead atoms. The number of hydrogen-bond donors (Lipinski definition) is 0. The summed E-state index contributed by atoms with van der Waals surface area (Å²) < 4.78 is 5.86. The molecule has 1 aliphatic rings. The number of para-hydroxylation sites is 2. The van der Waals surface area contributed by atoms with E-state index in [2.05, 4.69) is 26.7 Å². The lowest BCUT2D eigenvalue weighted by Gasteiger charge is -2.36. The SMILES string of the molecule is CC(c1nccs1)N1CCN(c2nc3ccccc3o2)CC1. The average Bonchev–Trinajstić information content (AvgIpc) is 3.23. The van der Waals surface area contributed by atoms with Gasteiger partial charge >= 0.3 is 0 Å². The summed E-state index contributed by atoms with van der Waals surface area (Å²) in [4.78, 5) is 13.7. The molecular weight excluding hydrogens is 296 g/mol. The third-order valence-electron chi connectivity index (χ3n) is 4.22. The number of fused-ring (bicyclic) bond motifs is 1. The van der Waals surface area contributed by atoms with Crippen LogP contribution in [-0.2, 0) is 0 Å². The fourth-order valence-electron chi connectivity index (χ4n) is 2.89. The monoisotopic (exact) mass is 314 g/mol. The van der Waals surface area contributed by atoms with Crippen LogP contribution in [0, 0.1) is 0 Å². The Bertz CT molecular complexity index is 713. The molecule has 2 aromatic heterocycles. The molecule has 5 nitrogen and oxygen atoms in total. The van der Waals surface area contributed by atoms with Crippen LogP contribution in [-0.4, -0.2) is 41.0 Å². The number of aromatic nitrogens is 2. The van der Waals surface area contributed by atoms with Gasteiger partial charge in [-0.15, -0.1) is 11.3 Å². The van der Waals surface area contributed by atoms with Crippen molar-refractivity contribution in [1.29, 1.82) is 0 Å². The lowest BCUT2D eigenvalue weighted by molar-refractivity contribution is 0.195. The van der Waals surface area contributed by atoms with Crippen LogP contribution in [0.15, 0.2) is 40.3 Å². The minimum absolute atomic E-state index is 0.380. The highest BCUT2D eigenvalue weighted by atomic mass is 32.1. The largest absolute Gasteiger partial charge is 0.423 e. The van der Waals surface area contributed by atoms with E-state index in [-0.39, 0.29) is 0 Å². The summed E-state index contributed by atoms with van der Waals surface area (Å²) in [5, 5.41) is 3.23. The van der Waals surface area contributed by atoms with Crippen molar-refractivity contribution in [2.24, 2.45) is 0 Å². The lowest BCUT2D eigenvalue weighted by Crippen LogP contribution is -2.47. The highest BCUT2D eigenvalue weighted by Gasteiger charge is 2.25.